The van der Waals surface area contributed by atoms with Crippen LogP contribution in [0.1, 0.15) is 60.8 Å². The molecule has 0 N–H and O–H groups in total. The van der Waals surface area contributed by atoms with Crippen LogP contribution in [0.2, 0.25) is 0 Å². The van der Waals surface area contributed by atoms with Crippen molar-refractivity contribution in [1.82, 2.24) is 0 Å². The first-order valence-electron chi connectivity index (χ1n) is 8.18. The number of ether oxygens (including phenoxy) is 4. The maximum Gasteiger partial charge on any atom is 0.508 e. The highest BCUT2D eigenvalue weighted by Gasteiger charge is 2.31. The van der Waals surface area contributed by atoms with Gasteiger partial charge < -0.3 is 18.9 Å². The molecule has 0 aromatic rings. The number of carbonyl (C=O) groups is 2. The SMILES string of the molecule is CC(C)(C)OC(=O)OCC1CCCC1COC(=O)OC(C)(C)C. The molecule has 2 atom stereocenters. The Bertz CT molecular complexity index is 366. The highest BCUT2D eigenvalue weighted by Crippen LogP contribution is 2.32. The second-order valence-corrected chi connectivity index (χ2v) is 8.00. The van der Waals surface area contributed by atoms with Gasteiger partial charge in [-0.3, -0.25) is 0 Å². The highest BCUT2D eigenvalue weighted by molar-refractivity contribution is 5.60. The van der Waals surface area contributed by atoms with Crippen LogP contribution >= 0.6 is 0 Å². The van der Waals surface area contributed by atoms with Crippen LogP contribution in [0, 0.1) is 11.8 Å². The Morgan fingerprint density at radius 1 is 0.783 bits per heavy atom. The minimum absolute atomic E-state index is 0.185. The van der Waals surface area contributed by atoms with E-state index in [1.54, 1.807) is 41.5 Å². The topological polar surface area (TPSA) is 71.1 Å². The Balaban J connectivity index is 2.34. The summed E-state index contributed by atoms with van der Waals surface area (Å²) in [5.74, 6) is 0.370. The lowest BCUT2D eigenvalue weighted by atomic mass is 9.98. The largest absolute Gasteiger partial charge is 0.508 e. The van der Waals surface area contributed by atoms with Gasteiger partial charge in [0.2, 0.25) is 0 Å². The molecule has 1 aliphatic rings. The van der Waals surface area contributed by atoms with Crippen molar-refractivity contribution in [2.24, 2.45) is 11.8 Å². The highest BCUT2D eigenvalue weighted by atomic mass is 16.7. The van der Waals surface area contributed by atoms with Crippen molar-refractivity contribution in [3.05, 3.63) is 0 Å². The number of carbonyl (C=O) groups excluding carboxylic acids is 2. The van der Waals surface area contributed by atoms with Crippen LogP contribution < -0.4 is 0 Å². The molecule has 1 rings (SSSR count). The molecule has 1 saturated carbocycles. The number of hydrogen-bond acceptors (Lipinski definition) is 6. The van der Waals surface area contributed by atoms with E-state index in [1.165, 1.54) is 0 Å². The maximum atomic E-state index is 11.6. The quantitative estimate of drug-likeness (QED) is 0.715. The molecular formula is C17H30O6. The maximum absolute atomic E-state index is 11.6. The molecule has 0 spiro atoms. The summed E-state index contributed by atoms with van der Waals surface area (Å²) in [5, 5.41) is 0. The van der Waals surface area contributed by atoms with Crippen LogP contribution in [0.15, 0.2) is 0 Å². The van der Waals surface area contributed by atoms with Crippen LogP contribution in [0.4, 0.5) is 9.59 Å². The molecule has 0 aromatic carbocycles. The summed E-state index contributed by atoms with van der Waals surface area (Å²) >= 11 is 0. The lowest BCUT2D eigenvalue weighted by Crippen LogP contribution is -2.29. The summed E-state index contributed by atoms with van der Waals surface area (Å²) in [6.07, 6.45) is 1.62. The van der Waals surface area contributed by atoms with Crippen molar-refractivity contribution in [1.29, 1.82) is 0 Å². The van der Waals surface area contributed by atoms with Gasteiger partial charge in [0.1, 0.15) is 11.2 Å². The molecule has 0 saturated heterocycles. The summed E-state index contributed by atoms with van der Waals surface area (Å²) < 4.78 is 20.6. The molecular weight excluding hydrogens is 300 g/mol. The molecule has 0 amide bonds. The zero-order valence-electron chi connectivity index (χ0n) is 15.1. The Morgan fingerprint density at radius 3 is 1.43 bits per heavy atom. The van der Waals surface area contributed by atoms with Crippen molar-refractivity contribution >= 4 is 12.3 Å². The summed E-state index contributed by atoms with van der Waals surface area (Å²) in [6, 6.07) is 0. The lowest BCUT2D eigenvalue weighted by molar-refractivity contribution is -0.0280. The van der Waals surface area contributed by atoms with Gasteiger partial charge in [0.25, 0.3) is 0 Å². The van der Waals surface area contributed by atoms with Crippen molar-refractivity contribution in [3.8, 4) is 0 Å². The molecule has 6 heteroatoms. The molecule has 0 heterocycles. The molecule has 0 radical (unpaired) electrons. The molecule has 23 heavy (non-hydrogen) atoms. The fourth-order valence-corrected chi connectivity index (χ4v) is 2.46. The standard InChI is InChI=1S/C17H30O6/c1-16(2,3)22-14(18)20-10-12-8-7-9-13(12)11-21-15(19)23-17(4,5)6/h12-13H,7-11H2,1-6H3. The minimum atomic E-state index is -0.656. The summed E-state index contributed by atoms with van der Waals surface area (Å²) in [6.45, 7) is 11.3. The second kappa shape index (κ2) is 7.88. The van der Waals surface area contributed by atoms with E-state index in [9.17, 15) is 9.59 Å². The van der Waals surface area contributed by atoms with Crippen LogP contribution in [-0.2, 0) is 18.9 Å². The van der Waals surface area contributed by atoms with Crippen LogP contribution in [0.3, 0.4) is 0 Å². The number of hydrogen-bond donors (Lipinski definition) is 0. The second-order valence-electron chi connectivity index (χ2n) is 8.00. The van der Waals surface area contributed by atoms with Gasteiger partial charge in [0.05, 0.1) is 13.2 Å². The third-order valence-electron chi connectivity index (χ3n) is 3.43. The van der Waals surface area contributed by atoms with Gasteiger partial charge in [-0.05, 0) is 66.2 Å². The Kier molecular flexibility index (Phi) is 6.71. The third kappa shape index (κ3) is 8.67. The summed E-state index contributed by atoms with van der Waals surface area (Å²) in [4.78, 5) is 23.2. The van der Waals surface area contributed by atoms with Gasteiger partial charge in [-0.1, -0.05) is 6.42 Å². The molecule has 1 aliphatic carbocycles. The van der Waals surface area contributed by atoms with E-state index in [1.807, 2.05) is 0 Å². The fourth-order valence-electron chi connectivity index (χ4n) is 2.46. The zero-order valence-corrected chi connectivity index (χ0v) is 15.1. The van der Waals surface area contributed by atoms with Crippen LogP contribution in [-0.4, -0.2) is 36.7 Å². The van der Waals surface area contributed by atoms with Gasteiger partial charge >= 0.3 is 12.3 Å². The zero-order chi connectivity index (χ0) is 17.7. The van der Waals surface area contributed by atoms with Gasteiger partial charge in [-0.15, -0.1) is 0 Å². The van der Waals surface area contributed by atoms with Gasteiger partial charge in [-0.2, -0.15) is 0 Å². The first-order valence-corrected chi connectivity index (χ1v) is 8.18. The Hall–Kier alpha value is -1.46. The van der Waals surface area contributed by atoms with E-state index in [2.05, 4.69) is 0 Å². The Labute approximate surface area is 138 Å². The summed E-state index contributed by atoms with van der Waals surface area (Å²) in [7, 11) is 0. The first-order chi connectivity index (χ1) is 10.5. The average Bonchev–Trinajstić information content (AvgIpc) is 2.77. The van der Waals surface area contributed by atoms with Gasteiger partial charge in [0, 0.05) is 0 Å². The normalized spacial score (nSPS) is 21.7. The fraction of sp³-hybridized carbons (Fsp3) is 0.882. The van der Waals surface area contributed by atoms with Gasteiger partial charge in [-0.25, -0.2) is 9.59 Å². The van der Waals surface area contributed by atoms with Gasteiger partial charge in [0.15, 0.2) is 0 Å². The average molecular weight is 330 g/mol. The van der Waals surface area contributed by atoms with E-state index < -0.39 is 23.5 Å². The van der Waals surface area contributed by atoms with Crippen molar-refractivity contribution < 1.29 is 28.5 Å². The number of rotatable bonds is 4. The van der Waals surface area contributed by atoms with E-state index in [0.29, 0.717) is 0 Å². The third-order valence-corrected chi connectivity index (χ3v) is 3.43. The molecule has 1 fully saturated rings. The van der Waals surface area contributed by atoms with E-state index in [4.69, 9.17) is 18.9 Å². The van der Waals surface area contributed by atoms with E-state index in [-0.39, 0.29) is 25.0 Å². The molecule has 0 bridgehead atoms. The smallest absolute Gasteiger partial charge is 0.434 e. The van der Waals surface area contributed by atoms with Crippen LogP contribution in [0.25, 0.3) is 0 Å². The molecule has 2 unspecified atom stereocenters. The van der Waals surface area contributed by atoms with E-state index in [0.717, 1.165) is 19.3 Å². The predicted octanol–water partition coefficient (Wildman–Crippen LogP) is 4.31. The van der Waals surface area contributed by atoms with Crippen LogP contribution in [0.5, 0.6) is 0 Å². The molecule has 6 nitrogen and oxygen atoms in total. The van der Waals surface area contributed by atoms with E-state index >= 15 is 0 Å². The Morgan fingerprint density at radius 2 is 1.13 bits per heavy atom. The lowest BCUT2D eigenvalue weighted by Gasteiger charge is -2.23. The molecule has 0 aliphatic heterocycles. The van der Waals surface area contributed by atoms with Crippen molar-refractivity contribution in [2.75, 3.05) is 13.2 Å². The van der Waals surface area contributed by atoms with Crippen molar-refractivity contribution in [2.45, 2.75) is 72.0 Å². The first kappa shape index (κ1) is 19.6. The monoisotopic (exact) mass is 330 g/mol. The predicted molar refractivity (Wildman–Crippen MR) is 85.2 cm³/mol. The minimum Gasteiger partial charge on any atom is -0.434 e. The molecule has 0 aromatic heterocycles. The van der Waals surface area contributed by atoms with Crippen molar-refractivity contribution in [3.63, 3.8) is 0 Å². The summed E-state index contributed by atoms with van der Waals surface area (Å²) in [5.41, 5.74) is -1.13. The molecule has 134 valence electrons.